The maximum absolute atomic E-state index is 2.53. The van der Waals surface area contributed by atoms with Crippen LogP contribution in [0.15, 0.2) is 243 Å². The summed E-state index contributed by atoms with van der Waals surface area (Å²) in [6.45, 7) is 4.74. The van der Waals surface area contributed by atoms with Gasteiger partial charge in [-0.25, -0.2) is 0 Å². The predicted octanol–water partition coefficient (Wildman–Crippen LogP) is 17.2. The van der Waals surface area contributed by atoms with Gasteiger partial charge in [0.2, 0.25) is 0 Å². The second kappa shape index (κ2) is 15.6. The first-order chi connectivity index (χ1) is 32.1. The van der Waals surface area contributed by atoms with Gasteiger partial charge in [0.1, 0.15) is 0 Å². The SMILES string of the molecule is CC1(C)c2ccccc2-c2c(N(c3cccc(-c4cccc5c6ccccc6n(-c6ccccc6)c45)c3)c3ccccc3-c3ccccc3-c3ccccc3-c3ccccc3)cccc21. The second-order valence-corrected chi connectivity index (χ2v) is 17.6. The van der Waals surface area contributed by atoms with Crippen molar-refractivity contribution in [3.63, 3.8) is 0 Å². The van der Waals surface area contributed by atoms with Crippen LogP contribution in [0.1, 0.15) is 25.0 Å². The lowest BCUT2D eigenvalue weighted by Crippen LogP contribution is -2.16. The zero-order chi connectivity index (χ0) is 43.5. The van der Waals surface area contributed by atoms with E-state index in [1.54, 1.807) is 0 Å². The lowest BCUT2D eigenvalue weighted by molar-refractivity contribution is 0.660. The molecule has 0 bridgehead atoms. The lowest BCUT2D eigenvalue weighted by atomic mass is 9.82. The van der Waals surface area contributed by atoms with Crippen LogP contribution < -0.4 is 4.90 Å². The van der Waals surface area contributed by atoms with Crippen LogP contribution in [-0.2, 0) is 5.41 Å². The average Bonchev–Trinajstić information content (AvgIpc) is 3.84. The molecule has 0 amide bonds. The van der Waals surface area contributed by atoms with Gasteiger partial charge in [-0.05, 0) is 92.5 Å². The molecule has 1 aliphatic carbocycles. The summed E-state index contributed by atoms with van der Waals surface area (Å²) >= 11 is 0. The Morgan fingerprint density at radius 1 is 0.354 bits per heavy atom. The molecule has 0 fully saturated rings. The van der Waals surface area contributed by atoms with E-state index < -0.39 is 0 Å². The Morgan fingerprint density at radius 3 is 1.65 bits per heavy atom. The molecule has 12 rings (SSSR count). The minimum atomic E-state index is -0.163. The molecule has 2 heteroatoms. The zero-order valence-electron chi connectivity index (χ0n) is 36.5. The largest absolute Gasteiger partial charge is 0.309 e. The summed E-state index contributed by atoms with van der Waals surface area (Å²) in [6.07, 6.45) is 0. The molecule has 0 atom stereocenters. The molecule has 1 aromatic heterocycles. The van der Waals surface area contributed by atoms with E-state index in [0.29, 0.717) is 0 Å². The number of hydrogen-bond donors (Lipinski definition) is 0. The van der Waals surface area contributed by atoms with Crippen molar-refractivity contribution in [3.05, 3.63) is 254 Å². The van der Waals surface area contributed by atoms with Gasteiger partial charge in [0, 0.05) is 44.3 Å². The Hall–Kier alpha value is -8.20. The third kappa shape index (κ3) is 6.25. The summed E-state index contributed by atoms with van der Waals surface area (Å²) in [5.41, 5.74) is 21.5. The molecule has 1 heterocycles. The van der Waals surface area contributed by atoms with Crippen molar-refractivity contribution in [2.24, 2.45) is 0 Å². The highest BCUT2D eigenvalue weighted by molar-refractivity contribution is 6.14. The van der Waals surface area contributed by atoms with E-state index in [-0.39, 0.29) is 5.41 Å². The van der Waals surface area contributed by atoms with Crippen LogP contribution in [0.4, 0.5) is 17.1 Å². The smallest absolute Gasteiger partial charge is 0.0619 e. The average molecular weight is 831 g/mol. The van der Waals surface area contributed by atoms with Crippen LogP contribution in [0.2, 0.25) is 0 Å². The Labute approximate surface area is 381 Å². The van der Waals surface area contributed by atoms with Gasteiger partial charge in [-0.2, -0.15) is 0 Å². The molecule has 0 spiro atoms. The number of fused-ring (bicyclic) bond motifs is 6. The molecule has 0 radical (unpaired) electrons. The molecule has 0 saturated carbocycles. The molecular weight excluding hydrogens is 785 g/mol. The fourth-order valence-electron chi connectivity index (χ4n) is 10.7. The molecule has 0 saturated heterocycles. The zero-order valence-corrected chi connectivity index (χ0v) is 36.5. The fourth-order valence-corrected chi connectivity index (χ4v) is 10.7. The van der Waals surface area contributed by atoms with Crippen LogP contribution in [0.5, 0.6) is 0 Å². The molecule has 1 aliphatic rings. The number of hydrogen-bond acceptors (Lipinski definition) is 1. The Bertz CT molecular complexity index is 3580. The van der Waals surface area contributed by atoms with Crippen LogP contribution in [0.25, 0.3) is 83.1 Å². The van der Waals surface area contributed by atoms with Crippen molar-refractivity contribution in [1.29, 1.82) is 0 Å². The molecule has 308 valence electrons. The minimum Gasteiger partial charge on any atom is -0.309 e. The Balaban J connectivity index is 1.12. The van der Waals surface area contributed by atoms with Gasteiger partial charge in [0.25, 0.3) is 0 Å². The van der Waals surface area contributed by atoms with Gasteiger partial charge in [-0.1, -0.05) is 214 Å². The molecule has 65 heavy (non-hydrogen) atoms. The van der Waals surface area contributed by atoms with Gasteiger partial charge in [-0.3, -0.25) is 0 Å². The Morgan fingerprint density at radius 2 is 0.862 bits per heavy atom. The third-order valence-corrected chi connectivity index (χ3v) is 13.6. The van der Waals surface area contributed by atoms with Crippen molar-refractivity contribution >= 4 is 38.9 Å². The molecular formula is C63H46N2. The number of rotatable bonds is 8. The normalized spacial score (nSPS) is 12.6. The van der Waals surface area contributed by atoms with Crippen LogP contribution in [0, 0.1) is 0 Å². The van der Waals surface area contributed by atoms with Gasteiger partial charge in [-0.15, -0.1) is 0 Å². The van der Waals surface area contributed by atoms with Crippen molar-refractivity contribution in [3.8, 4) is 61.3 Å². The number of aromatic nitrogens is 1. The third-order valence-electron chi connectivity index (χ3n) is 13.6. The van der Waals surface area contributed by atoms with Gasteiger partial charge in [0.15, 0.2) is 0 Å². The number of nitrogens with zero attached hydrogens (tertiary/aromatic N) is 2. The van der Waals surface area contributed by atoms with Gasteiger partial charge >= 0.3 is 0 Å². The number of benzene rings is 10. The van der Waals surface area contributed by atoms with E-state index in [2.05, 4.69) is 266 Å². The van der Waals surface area contributed by atoms with Crippen molar-refractivity contribution in [1.82, 2.24) is 4.57 Å². The summed E-state index contributed by atoms with van der Waals surface area (Å²) in [7, 11) is 0. The van der Waals surface area contributed by atoms with E-state index in [9.17, 15) is 0 Å². The van der Waals surface area contributed by atoms with E-state index in [1.165, 1.54) is 77.4 Å². The summed E-state index contributed by atoms with van der Waals surface area (Å²) in [5, 5.41) is 2.48. The summed E-state index contributed by atoms with van der Waals surface area (Å²) in [4.78, 5) is 2.53. The van der Waals surface area contributed by atoms with Gasteiger partial charge < -0.3 is 9.47 Å². The molecule has 2 nitrogen and oxygen atoms in total. The topological polar surface area (TPSA) is 8.17 Å². The maximum atomic E-state index is 2.53. The monoisotopic (exact) mass is 830 g/mol. The molecule has 0 aliphatic heterocycles. The summed E-state index contributed by atoms with van der Waals surface area (Å²) in [6, 6.07) is 88.9. The predicted molar refractivity (Wildman–Crippen MR) is 275 cm³/mol. The minimum absolute atomic E-state index is 0.163. The lowest BCUT2D eigenvalue weighted by Gasteiger charge is -2.31. The highest BCUT2D eigenvalue weighted by Crippen LogP contribution is 2.55. The van der Waals surface area contributed by atoms with Crippen molar-refractivity contribution in [2.45, 2.75) is 19.3 Å². The summed E-state index contributed by atoms with van der Waals surface area (Å²) < 4.78 is 2.44. The Kier molecular flexibility index (Phi) is 9.21. The van der Waals surface area contributed by atoms with E-state index in [1.807, 2.05) is 0 Å². The van der Waals surface area contributed by atoms with E-state index in [0.717, 1.165) is 33.9 Å². The first-order valence-corrected chi connectivity index (χ1v) is 22.6. The molecule has 0 unspecified atom stereocenters. The fraction of sp³-hybridized carbons (Fsp3) is 0.0476. The van der Waals surface area contributed by atoms with E-state index in [4.69, 9.17) is 0 Å². The van der Waals surface area contributed by atoms with Crippen LogP contribution in [0.3, 0.4) is 0 Å². The molecule has 10 aromatic carbocycles. The molecule has 11 aromatic rings. The van der Waals surface area contributed by atoms with Crippen LogP contribution >= 0.6 is 0 Å². The van der Waals surface area contributed by atoms with Crippen molar-refractivity contribution in [2.75, 3.05) is 4.90 Å². The highest BCUT2D eigenvalue weighted by Gasteiger charge is 2.38. The van der Waals surface area contributed by atoms with E-state index >= 15 is 0 Å². The second-order valence-electron chi connectivity index (χ2n) is 17.6. The highest BCUT2D eigenvalue weighted by atomic mass is 15.1. The first-order valence-electron chi connectivity index (χ1n) is 22.6. The quantitative estimate of drug-likeness (QED) is 0.148. The maximum Gasteiger partial charge on any atom is 0.0619 e. The first kappa shape index (κ1) is 38.5. The summed E-state index contributed by atoms with van der Waals surface area (Å²) in [5.74, 6) is 0. The number of anilines is 3. The van der Waals surface area contributed by atoms with Crippen molar-refractivity contribution < 1.29 is 0 Å². The standard InChI is InChI=1S/C63H46N2/c1-63(2)56-37-16-13-34-55(56)61-57(63)38-21-41-60(61)64(58-39-17-14-32-52(58)51-31-12-11-30-50(51)49-29-10-9-28-47(49)43-22-5-3-6-23-43)46-27-19-24-44(42-46)48-35-20-36-54-53-33-15-18-40-59(53)65(62(48)54)45-25-7-4-8-26-45/h3-42H,1-2H3. The molecule has 0 N–H and O–H groups in total. The van der Waals surface area contributed by atoms with Crippen LogP contribution in [-0.4, -0.2) is 4.57 Å². The van der Waals surface area contributed by atoms with Gasteiger partial charge in [0.05, 0.1) is 22.4 Å². The number of para-hydroxylation sites is 4.